The maximum atomic E-state index is 13.1. The van der Waals surface area contributed by atoms with Crippen LogP contribution in [0.5, 0.6) is 0 Å². The first-order valence-electron chi connectivity index (χ1n) is 5.60. The van der Waals surface area contributed by atoms with E-state index in [1.165, 1.54) is 23.5 Å². The van der Waals surface area contributed by atoms with Gasteiger partial charge in [0.1, 0.15) is 10.8 Å². The molecule has 0 radical (unpaired) electrons. The van der Waals surface area contributed by atoms with Crippen molar-refractivity contribution < 1.29 is 4.39 Å². The van der Waals surface area contributed by atoms with Gasteiger partial charge in [-0.2, -0.15) is 0 Å². The van der Waals surface area contributed by atoms with Gasteiger partial charge in [-0.25, -0.2) is 9.37 Å². The van der Waals surface area contributed by atoms with Crippen molar-refractivity contribution in [3.63, 3.8) is 0 Å². The number of nitrogens with two attached hydrogens (primary N) is 1. The summed E-state index contributed by atoms with van der Waals surface area (Å²) in [6.07, 6.45) is 0. The first kappa shape index (κ1) is 11.3. The Labute approximate surface area is 108 Å². The van der Waals surface area contributed by atoms with Crippen LogP contribution in [0, 0.1) is 5.82 Å². The highest BCUT2D eigenvalue weighted by molar-refractivity contribution is 7.18. The Hall–Kier alpha value is -1.78. The number of benzene rings is 2. The third-order valence-electron chi connectivity index (χ3n) is 2.79. The molecule has 0 bridgehead atoms. The minimum Gasteiger partial charge on any atom is -0.318 e. The molecule has 1 unspecified atom stereocenters. The molecule has 0 saturated heterocycles. The summed E-state index contributed by atoms with van der Waals surface area (Å²) >= 11 is 1.44. The predicted octanol–water partition coefficient (Wildman–Crippen LogP) is 3.48. The summed E-state index contributed by atoms with van der Waals surface area (Å²) in [5.74, 6) is -0.244. The number of fused-ring (bicyclic) bond motifs is 1. The smallest absolute Gasteiger partial charge is 0.124 e. The number of halogens is 1. The third-order valence-corrected chi connectivity index (χ3v) is 3.89. The summed E-state index contributed by atoms with van der Waals surface area (Å²) in [5.41, 5.74) is 7.98. The Kier molecular flexibility index (Phi) is 2.81. The SMILES string of the molecule is NC(c1ccccc1)c1nc2ccc(F)cc2s1. The Morgan fingerprint density at radius 3 is 2.67 bits per heavy atom. The fraction of sp³-hybridized carbons (Fsp3) is 0.0714. The summed E-state index contributed by atoms with van der Waals surface area (Å²) in [7, 11) is 0. The maximum absolute atomic E-state index is 13.1. The molecule has 2 nitrogen and oxygen atoms in total. The van der Waals surface area contributed by atoms with E-state index in [-0.39, 0.29) is 11.9 Å². The number of hydrogen-bond acceptors (Lipinski definition) is 3. The lowest BCUT2D eigenvalue weighted by Gasteiger charge is -2.07. The molecule has 0 aliphatic rings. The van der Waals surface area contributed by atoms with E-state index >= 15 is 0 Å². The van der Waals surface area contributed by atoms with Crippen LogP contribution < -0.4 is 5.73 Å². The first-order valence-corrected chi connectivity index (χ1v) is 6.42. The molecule has 4 heteroatoms. The zero-order valence-electron chi connectivity index (χ0n) is 9.51. The van der Waals surface area contributed by atoms with E-state index in [9.17, 15) is 4.39 Å². The van der Waals surface area contributed by atoms with Crippen LogP contribution in [-0.2, 0) is 0 Å². The molecule has 1 aromatic heterocycles. The standard InChI is InChI=1S/C14H11FN2S/c15-10-6-7-11-12(8-10)18-14(17-11)13(16)9-4-2-1-3-5-9/h1-8,13H,16H2. The van der Waals surface area contributed by atoms with Crippen molar-refractivity contribution in [2.45, 2.75) is 6.04 Å². The molecule has 0 aliphatic heterocycles. The normalized spacial score (nSPS) is 12.8. The molecule has 0 amide bonds. The second-order valence-electron chi connectivity index (χ2n) is 4.05. The average Bonchev–Trinajstić information content (AvgIpc) is 2.81. The van der Waals surface area contributed by atoms with Gasteiger partial charge in [-0.15, -0.1) is 11.3 Å². The van der Waals surface area contributed by atoms with Crippen LogP contribution in [0.4, 0.5) is 4.39 Å². The van der Waals surface area contributed by atoms with Gasteiger partial charge in [0.15, 0.2) is 0 Å². The molecule has 90 valence electrons. The fourth-order valence-corrected chi connectivity index (χ4v) is 2.87. The molecule has 2 N–H and O–H groups in total. The van der Waals surface area contributed by atoms with Crippen molar-refractivity contribution in [3.05, 3.63) is 64.9 Å². The number of aromatic nitrogens is 1. The molecule has 1 heterocycles. The van der Waals surface area contributed by atoms with E-state index in [4.69, 9.17) is 5.73 Å². The van der Waals surface area contributed by atoms with Gasteiger partial charge in [0, 0.05) is 0 Å². The van der Waals surface area contributed by atoms with Gasteiger partial charge in [-0.3, -0.25) is 0 Å². The van der Waals surface area contributed by atoms with Gasteiger partial charge in [0.05, 0.1) is 16.3 Å². The monoisotopic (exact) mass is 258 g/mol. The summed E-state index contributed by atoms with van der Waals surface area (Å²) in [6.45, 7) is 0. The fourth-order valence-electron chi connectivity index (χ4n) is 1.85. The lowest BCUT2D eigenvalue weighted by molar-refractivity contribution is 0.630. The molecule has 0 fully saturated rings. The zero-order valence-corrected chi connectivity index (χ0v) is 10.3. The van der Waals surface area contributed by atoms with Crippen molar-refractivity contribution in [2.24, 2.45) is 5.73 Å². The van der Waals surface area contributed by atoms with Crippen LogP contribution in [0.25, 0.3) is 10.2 Å². The molecule has 0 saturated carbocycles. The molecule has 3 aromatic rings. The van der Waals surface area contributed by atoms with Crippen LogP contribution in [0.15, 0.2) is 48.5 Å². The molecule has 18 heavy (non-hydrogen) atoms. The second-order valence-corrected chi connectivity index (χ2v) is 5.11. The number of hydrogen-bond donors (Lipinski definition) is 1. The van der Waals surface area contributed by atoms with Crippen LogP contribution in [0.1, 0.15) is 16.6 Å². The number of nitrogens with zero attached hydrogens (tertiary/aromatic N) is 1. The highest BCUT2D eigenvalue weighted by atomic mass is 32.1. The average molecular weight is 258 g/mol. The Morgan fingerprint density at radius 2 is 1.89 bits per heavy atom. The van der Waals surface area contributed by atoms with Gasteiger partial charge in [-0.1, -0.05) is 30.3 Å². The lowest BCUT2D eigenvalue weighted by Crippen LogP contribution is -2.10. The topological polar surface area (TPSA) is 38.9 Å². The van der Waals surface area contributed by atoms with E-state index in [1.807, 2.05) is 30.3 Å². The van der Waals surface area contributed by atoms with Gasteiger partial charge < -0.3 is 5.73 Å². The first-order chi connectivity index (χ1) is 8.74. The van der Waals surface area contributed by atoms with E-state index in [0.29, 0.717) is 0 Å². The molecular weight excluding hydrogens is 247 g/mol. The van der Waals surface area contributed by atoms with Crippen molar-refractivity contribution in [1.29, 1.82) is 0 Å². The van der Waals surface area contributed by atoms with Crippen LogP contribution in [-0.4, -0.2) is 4.98 Å². The van der Waals surface area contributed by atoms with Crippen molar-refractivity contribution in [1.82, 2.24) is 4.98 Å². The van der Waals surface area contributed by atoms with Crippen LogP contribution in [0.3, 0.4) is 0 Å². The third kappa shape index (κ3) is 2.00. The zero-order chi connectivity index (χ0) is 12.5. The van der Waals surface area contributed by atoms with Crippen molar-refractivity contribution >= 4 is 21.6 Å². The summed E-state index contributed by atoms with van der Waals surface area (Å²) < 4.78 is 13.9. The van der Waals surface area contributed by atoms with Crippen LogP contribution >= 0.6 is 11.3 Å². The van der Waals surface area contributed by atoms with Gasteiger partial charge in [0.25, 0.3) is 0 Å². The molecule has 2 aromatic carbocycles. The number of rotatable bonds is 2. The minimum atomic E-state index is -0.258. The second kappa shape index (κ2) is 4.48. The molecule has 3 rings (SSSR count). The summed E-state index contributed by atoms with van der Waals surface area (Å²) in [5, 5.41) is 0.807. The molecule has 1 atom stereocenters. The highest BCUT2D eigenvalue weighted by Gasteiger charge is 2.13. The Balaban J connectivity index is 2.04. The Bertz CT molecular complexity index is 679. The van der Waals surface area contributed by atoms with Gasteiger partial charge >= 0.3 is 0 Å². The van der Waals surface area contributed by atoms with E-state index in [1.54, 1.807) is 6.07 Å². The van der Waals surface area contributed by atoms with Crippen LogP contribution in [0.2, 0.25) is 0 Å². The summed E-state index contributed by atoms with van der Waals surface area (Å²) in [6, 6.07) is 14.1. The minimum absolute atomic E-state index is 0.244. The maximum Gasteiger partial charge on any atom is 0.124 e. The largest absolute Gasteiger partial charge is 0.318 e. The van der Waals surface area contributed by atoms with Gasteiger partial charge in [-0.05, 0) is 23.8 Å². The van der Waals surface area contributed by atoms with Crippen molar-refractivity contribution in [3.8, 4) is 0 Å². The molecular formula is C14H11FN2S. The van der Waals surface area contributed by atoms with Gasteiger partial charge in [0.2, 0.25) is 0 Å². The van der Waals surface area contributed by atoms with E-state index < -0.39 is 0 Å². The quantitative estimate of drug-likeness (QED) is 0.764. The lowest BCUT2D eigenvalue weighted by atomic mass is 10.1. The molecule has 0 spiro atoms. The Morgan fingerprint density at radius 1 is 1.11 bits per heavy atom. The highest BCUT2D eigenvalue weighted by Crippen LogP contribution is 2.29. The van der Waals surface area contributed by atoms with E-state index in [2.05, 4.69) is 4.98 Å². The predicted molar refractivity (Wildman–Crippen MR) is 72.1 cm³/mol. The van der Waals surface area contributed by atoms with Crippen molar-refractivity contribution in [2.75, 3.05) is 0 Å². The van der Waals surface area contributed by atoms with E-state index in [0.717, 1.165) is 20.8 Å². The summed E-state index contributed by atoms with van der Waals surface area (Å²) in [4.78, 5) is 4.46. The number of thiazole rings is 1. The molecule has 0 aliphatic carbocycles.